The molecule has 1 rings (SSSR count). The summed E-state index contributed by atoms with van der Waals surface area (Å²) in [6, 6.07) is 0. The van der Waals surface area contributed by atoms with E-state index in [9.17, 15) is 0 Å². The van der Waals surface area contributed by atoms with E-state index in [4.69, 9.17) is 0 Å². The summed E-state index contributed by atoms with van der Waals surface area (Å²) in [7, 11) is 0. The molecule has 0 aliphatic heterocycles. The Kier molecular flexibility index (Phi) is 3.32. The summed E-state index contributed by atoms with van der Waals surface area (Å²) >= 11 is 0.00391. The van der Waals surface area contributed by atoms with Crippen molar-refractivity contribution in [2.24, 2.45) is 0 Å². The van der Waals surface area contributed by atoms with Crippen LogP contribution in [0.3, 0.4) is 0 Å². The van der Waals surface area contributed by atoms with Crippen LogP contribution in [0.25, 0.3) is 0 Å². The summed E-state index contributed by atoms with van der Waals surface area (Å²) in [6.07, 6.45) is 7.15. The van der Waals surface area contributed by atoms with E-state index in [1.807, 2.05) is 0 Å². The van der Waals surface area contributed by atoms with Gasteiger partial charge in [-0.15, -0.1) is 0 Å². The zero-order valence-electron chi connectivity index (χ0n) is 6.89. The van der Waals surface area contributed by atoms with Gasteiger partial charge in [-0.05, 0) is 0 Å². The number of rotatable bonds is 2. The molecule has 0 spiro atoms. The van der Waals surface area contributed by atoms with Crippen molar-refractivity contribution in [2.75, 3.05) is 0 Å². The molecule has 0 radical (unpaired) electrons. The molecule has 0 nitrogen and oxygen atoms in total. The Balaban J connectivity index is 2.40. The van der Waals surface area contributed by atoms with Gasteiger partial charge >= 0.3 is 75.8 Å². The SMILES string of the molecule is CC1=C[CH]([Zr][SiH](C)C)C=C1. The van der Waals surface area contributed by atoms with Gasteiger partial charge in [0.15, 0.2) is 0 Å². The van der Waals surface area contributed by atoms with Crippen molar-refractivity contribution in [1.82, 2.24) is 0 Å². The molecule has 0 amide bonds. The van der Waals surface area contributed by atoms with Gasteiger partial charge in [-0.2, -0.15) is 0 Å². The second-order valence-corrected chi connectivity index (χ2v) is 18.4. The maximum absolute atomic E-state index is 2.49. The van der Waals surface area contributed by atoms with E-state index in [2.05, 4.69) is 38.2 Å². The summed E-state index contributed by atoms with van der Waals surface area (Å²) in [6.45, 7) is 7.18. The second kappa shape index (κ2) is 3.82. The van der Waals surface area contributed by atoms with Crippen LogP contribution in [-0.4, -0.2) is 5.92 Å². The van der Waals surface area contributed by atoms with Gasteiger partial charge in [0, 0.05) is 0 Å². The monoisotopic (exact) mass is 228 g/mol. The molecule has 0 aromatic rings. The van der Waals surface area contributed by atoms with Gasteiger partial charge in [0.25, 0.3) is 0 Å². The third-order valence-electron chi connectivity index (χ3n) is 1.53. The van der Waals surface area contributed by atoms with Crippen LogP contribution in [-0.2, 0) is 22.4 Å². The van der Waals surface area contributed by atoms with Crippen LogP contribution in [0.1, 0.15) is 6.92 Å². The standard InChI is InChI=1S/C6H7.C2H7Si.Zr/c1-6-4-2-3-5-6;1-3-2;/h2-5H,1H3;3H,1-2H3;. The number of hydrogen-bond donors (Lipinski definition) is 0. The zero-order valence-corrected chi connectivity index (χ0v) is 10.5. The van der Waals surface area contributed by atoms with E-state index in [-0.39, 0.29) is 28.3 Å². The summed E-state index contributed by atoms with van der Waals surface area (Å²) in [5.41, 5.74) is 1.49. The molecule has 0 saturated carbocycles. The van der Waals surface area contributed by atoms with Gasteiger partial charge in [0.1, 0.15) is 0 Å². The first-order valence-electron chi connectivity index (χ1n) is 3.81. The molecule has 1 aliphatic carbocycles. The van der Waals surface area contributed by atoms with Crippen molar-refractivity contribution in [3.8, 4) is 0 Å². The Labute approximate surface area is 75.5 Å². The molecule has 0 heterocycles. The normalized spacial score (nSPS) is 23.6. The average Bonchev–Trinajstić information content (AvgIpc) is 2.13. The van der Waals surface area contributed by atoms with E-state index in [1.54, 1.807) is 0 Å². The van der Waals surface area contributed by atoms with E-state index < -0.39 is 0 Å². The first-order valence-corrected chi connectivity index (χ1v) is 12.4. The van der Waals surface area contributed by atoms with Crippen molar-refractivity contribution in [3.05, 3.63) is 23.8 Å². The molecule has 0 fully saturated rings. The van der Waals surface area contributed by atoms with Gasteiger partial charge in [0.05, 0.1) is 0 Å². The first-order chi connectivity index (χ1) is 4.68. The predicted octanol–water partition coefficient (Wildman–Crippen LogP) is 2.36. The first kappa shape index (κ1) is 8.67. The van der Waals surface area contributed by atoms with Crippen LogP contribution < -0.4 is 0 Å². The van der Waals surface area contributed by atoms with Crippen LogP contribution >= 0.6 is 0 Å². The van der Waals surface area contributed by atoms with Gasteiger partial charge in [-0.25, -0.2) is 0 Å². The van der Waals surface area contributed by atoms with Gasteiger partial charge in [-0.1, -0.05) is 0 Å². The third kappa shape index (κ3) is 2.67. The fourth-order valence-corrected chi connectivity index (χ4v) is 10.2. The molecule has 2 heteroatoms. The number of allylic oxidation sites excluding steroid dienone is 4. The molecule has 0 bridgehead atoms. The van der Waals surface area contributed by atoms with Crippen molar-refractivity contribution in [2.45, 2.75) is 23.6 Å². The summed E-state index contributed by atoms with van der Waals surface area (Å²) in [5.74, 6) is -0.177. The third-order valence-corrected chi connectivity index (χ3v) is 11.2. The van der Waals surface area contributed by atoms with Crippen molar-refractivity contribution >= 4 is 5.92 Å². The Bertz CT molecular complexity index is 170. The zero-order chi connectivity index (χ0) is 7.56. The van der Waals surface area contributed by atoms with Crippen molar-refractivity contribution in [1.29, 1.82) is 0 Å². The summed E-state index contributed by atoms with van der Waals surface area (Å²) < 4.78 is 0.954. The maximum atomic E-state index is 2.49. The van der Waals surface area contributed by atoms with Crippen LogP contribution in [0.2, 0.25) is 16.7 Å². The Morgan fingerprint density at radius 3 is 2.60 bits per heavy atom. The van der Waals surface area contributed by atoms with Crippen LogP contribution in [0.15, 0.2) is 23.8 Å². The minimum atomic E-state index is -0.177. The summed E-state index contributed by atoms with van der Waals surface area (Å²) in [4.78, 5) is 0. The fourth-order valence-electron chi connectivity index (χ4n) is 1.14. The molecule has 1 atom stereocenters. The molecule has 0 aromatic carbocycles. The molecule has 10 heavy (non-hydrogen) atoms. The number of hydrogen-bond acceptors (Lipinski definition) is 0. The average molecular weight is 230 g/mol. The topological polar surface area (TPSA) is 0 Å². The molecule has 0 aromatic heterocycles. The summed E-state index contributed by atoms with van der Waals surface area (Å²) in [5, 5.41) is 0. The quantitative estimate of drug-likeness (QED) is 0.638. The molecular formula is C8H14SiZr. The van der Waals surface area contributed by atoms with E-state index in [0.717, 1.165) is 3.63 Å². The molecule has 0 saturated heterocycles. The van der Waals surface area contributed by atoms with E-state index in [0.29, 0.717) is 0 Å². The van der Waals surface area contributed by atoms with E-state index in [1.165, 1.54) is 5.57 Å². The van der Waals surface area contributed by atoms with Crippen LogP contribution in [0, 0.1) is 0 Å². The molecule has 0 N–H and O–H groups in total. The molecular weight excluding hydrogens is 215 g/mol. The van der Waals surface area contributed by atoms with Crippen LogP contribution in [0.5, 0.6) is 0 Å². The Morgan fingerprint density at radius 1 is 1.50 bits per heavy atom. The van der Waals surface area contributed by atoms with Crippen molar-refractivity contribution in [3.63, 3.8) is 0 Å². The predicted molar refractivity (Wildman–Crippen MR) is 45.5 cm³/mol. The molecule has 1 aliphatic rings. The van der Waals surface area contributed by atoms with Crippen LogP contribution in [0.4, 0.5) is 0 Å². The molecule has 1 unspecified atom stereocenters. The van der Waals surface area contributed by atoms with Gasteiger partial charge < -0.3 is 0 Å². The van der Waals surface area contributed by atoms with E-state index >= 15 is 0 Å². The van der Waals surface area contributed by atoms with Gasteiger partial charge in [-0.3, -0.25) is 0 Å². The second-order valence-electron chi connectivity index (χ2n) is 3.12. The fraction of sp³-hybridized carbons (Fsp3) is 0.500. The minimum absolute atomic E-state index is 0.00391. The van der Waals surface area contributed by atoms with Gasteiger partial charge in [0.2, 0.25) is 0 Å². The Morgan fingerprint density at radius 2 is 2.20 bits per heavy atom. The Hall–Kier alpha value is 0.580. The molecule has 54 valence electrons. The van der Waals surface area contributed by atoms with Crippen molar-refractivity contribution < 1.29 is 22.4 Å².